The predicted octanol–water partition coefficient (Wildman–Crippen LogP) is 2.38. The average molecular weight is 296 g/mol. The van der Waals surface area contributed by atoms with Gasteiger partial charge in [-0.25, -0.2) is 0 Å². The van der Waals surface area contributed by atoms with E-state index in [9.17, 15) is 0 Å². The first kappa shape index (κ1) is 15.7. The van der Waals surface area contributed by atoms with Gasteiger partial charge in [0.2, 0.25) is 0 Å². The summed E-state index contributed by atoms with van der Waals surface area (Å²) in [7, 11) is 2.10. The van der Waals surface area contributed by atoms with E-state index in [2.05, 4.69) is 31.1 Å². The second-order valence-corrected chi connectivity index (χ2v) is 7.87. The lowest BCUT2D eigenvalue weighted by Gasteiger charge is -2.45. The van der Waals surface area contributed by atoms with Crippen molar-refractivity contribution >= 4 is 0 Å². The second-order valence-electron chi connectivity index (χ2n) is 7.87. The molecule has 21 heavy (non-hydrogen) atoms. The highest BCUT2D eigenvalue weighted by Gasteiger charge is 2.46. The van der Waals surface area contributed by atoms with Crippen molar-refractivity contribution in [2.24, 2.45) is 5.41 Å². The van der Waals surface area contributed by atoms with Gasteiger partial charge in [0.05, 0.1) is 13.2 Å². The summed E-state index contributed by atoms with van der Waals surface area (Å²) in [5, 5.41) is 3.55. The summed E-state index contributed by atoms with van der Waals surface area (Å²) in [6, 6.07) is 1.13. The van der Waals surface area contributed by atoms with Gasteiger partial charge in [-0.2, -0.15) is 0 Å². The molecule has 2 atom stereocenters. The molecule has 0 bridgehead atoms. The molecule has 1 spiro atoms. The van der Waals surface area contributed by atoms with Crippen LogP contribution in [0.2, 0.25) is 0 Å². The van der Waals surface area contributed by atoms with Gasteiger partial charge in [-0.15, -0.1) is 0 Å². The summed E-state index contributed by atoms with van der Waals surface area (Å²) in [5.41, 5.74) is 0.497. The second kappa shape index (κ2) is 6.15. The van der Waals surface area contributed by atoms with Gasteiger partial charge in [0.15, 0.2) is 5.79 Å². The Morgan fingerprint density at radius 2 is 1.81 bits per heavy atom. The summed E-state index contributed by atoms with van der Waals surface area (Å²) in [6.07, 6.45) is 7.18. The molecule has 0 aromatic carbocycles. The van der Waals surface area contributed by atoms with Crippen molar-refractivity contribution in [3.8, 4) is 0 Å². The first-order chi connectivity index (χ1) is 10.0. The van der Waals surface area contributed by atoms with Crippen molar-refractivity contribution in [2.45, 2.75) is 70.2 Å². The largest absolute Gasteiger partial charge is 0.347 e. The van der Waals surface area contributed by atoms with Gasteiger partial charge in [-0.3, -0.25) is 4.90 Å². The lowest BCUT2D eigenvalue weighted by Crippen LogP contribution is -2.57. The molecule has 3 fully saturated rings. The number of hydrogen-bond donors (Lipinski definition) is 1. The quantitative estimate of drug-likeness (QED) is 0.848. The van der Waals surface area contributed by atoms with Crippen LogP contribution in [0, 0.1) is 5.41 Å². The SMILES string of the molecule is CNC1CCC2(CC1N1CCCC(C)(C)CC1)OCCO2. The van der Waals surface area contributed by atoms with Gasteiger partial charge >= 0.3 is 0 Å². The molecule has 2 heterocycles. The Morgan fingerprint density at radius 3 is 2.52 bits per heavy atom. The Balaban J connectivity index is 1.70. The molecule has 4 nitrogen and oxygen atoms in total. The lowest BCUT2D eigenvalue weighted by molar-refractivity contribution is -0.193. The standard InChI is InChI=1S/C17H32N2O2/c1-16(2)6-4-9-19(10-8-16)15-13-17(20-11-12-21-17)7-5-14(15)18-3/h14-15,18H,4-13H2,1-3H3. The number of ether oxygens (including phenoxy) is 2. The smallest absolute Gasteiger partial charge is 0.170 e. The minimum atomic E-state index is -0.278. The minimum absolute atomic E-state index is 0.278. The van der Waals surface area contributed by atoms with E-state index >= 15 is 0 Å². The molecule has 0 aromatic rings. The molecule has 2 aliphatic heterocycles. The maximum atomic E-state index is 5.99. The highest BCUT2D eigenvalue weighted by molar-refractivity contribution is 4.97. The lowest BCUT2D eigenvalue weighted by atomic mass is 9.84. The zero-order valence-corrected chi connectivity index (χ0v) is 14.0. The van der Waals surface area contributed by atoms with E-state index in [4.69, 9.17) is 9.47 Å². The third kappa shape index (κ3) is 3.44. The van der Waals surface area contributed by atoms with Crippen LogP contribution in [-0.4, -0.2) is 56.1 Å². The maximum absolute atomic E-state index is 5.99. The van der Waals surface area contributed by atoms with Crippen LogP contribution in [0.1, 0.15) is 52.4 Å². The molecule has 1 saturated carbocycles. The van der Waals surface area contributed by atoms with Crippen molar-refractivity contribution in [3.63, 3.8) is 0 Å². The van der Waals surface area contributed by atoms with E-state index in [0.29, 0.717) is 17.5 Å². The van der Waals surface area contributed by atoms with Crippen LogP contribution in [-0.2, 0) is 9.47 Å². The number of nitrogens with one attached hydrogen (secondary N) is 1. The molecule has 2 unspecified atom stereocenters. The molecule has 1 N–H and O–H groups in total. The zero-order chi connectivity index (χ0) is 14.9. The number of nitrogens with zero attached hydrogens (tertiary/aromatic N) is 1. The van der Waals surface area contributed by atoms with Crippen molar-refractivity contribution in [3.05, 3.63) is 0 Å². The van der Waals surface area contributed by atoms with Crippen molar-refractivity contribution < 1.29 is 9.47 Å². The molecule has 2 saturated heterocycles. The Hall–Kier alpha value is -0.160. The molecule has 3 aliphatic rings. The zero-order valence-electron chi connectivity index (χ0n) is 14.0. The van der Waals surface area contributed by atoms with Gasteiger partial charge in [0, 0.05) is 24.9 Å². The van der Waals surface area contributed by atoms with E-state index in [1.54, 1.807) is 0 Å². The topological polar surface area (TPSA) is 33.7 Å². The molecule has 0 aromatic heterocycles. The molecule has 0 amide bonds. The van der Waals surface area contributed by atoms with Crippen LogP contribution in [0.25, 0.3) is 0 Å². The van der Waals surface area contributed by atoms with Crippen LogP contribution in [0.5, 0.6) is 0 Å². The van der Waals surface area contributed by atoms with Gasteiger partial charge < -0.3 is 14.8 Å². The predicted molar refractivity (Wildman–Crippen MR) is 84.3 cm³/mol. The highest BCUT2D eigenvalue weighted by Crippen LogP contribution is 2.39. The molecule has 0 radical (unpaired) electrons. The van der Waals surface area contributed by atoms with Gasteiger partial charge in [-0.05, 0) is 51.2 Å². The monoisotopic (exact) mass is 296 g/mol. The molecular formula is C17H32N2O2. The van der Waals surface area contributed by atoms with Crippen molar-refractivity contribution in [1.82, 2.24) is 10.2 Å². The summed E-state index contributed by atoms with van der Waals surface area (Å²) in [4.78, 5) is 2.71. The number of likely N-dealkylation sites (N-methyl/N-ethyl adjacent to an activating group) is 1. The van der Waals surface area contributed by atoms with Crippen LogP contribution < -0.4 is 5.32 Å². The number of hydrogen-bond acceptors (Lipinski definition) is 4. The summed E-state index contributed by atoms with van der Waals surface area (Å²) >= 11 is 0. The summed E-state index contributed by atoms with van der Waals surface area (Å²) in [6.45, 7) is 8.80. The van der Waals surface area contributed by atoms with Crippen LogP contribution in [0.3, 0.4) is 0 Å². The van der Waals surface area contributed by atoms with E-state index in [1.807, 2.05) is 0 Å². The van der Waals surface area contributed by atoms with Crippen LogP contribution in [0.15, 0.2) is 0 Å². The Labute approximate surface area is 129 Å². The first-order valence-electron chi connectivity index (χ1n) is 8.73. The molecule has 1 aliphatic carbocycles. The van der Waals surface area contributed by atoms with Crippen LogP contribution in [0.4, 0.5) is 0 Å². The third-order valence-electron chi connectivity index (χ3n) is 5.85. The fourth-order valence-corrected chi connectivity index (χ4v) is 4.39. The Kier molecular flexibility index (Phi) is 4.60. The van der Waals surface area contributed by atoms with Gasteiger partial charge in [0.1, 0.15) is 0 Å². The van der Waals surface area contributed by atoms with Crippen LogP contribution >= 0.6 is 0 Å². The third-order valence-corrected chi connectivity index (χ3v) is 5.85. The molecule has 4 heteroatoms. The van der Waals surface area contributed by atoms with E-state index < -0.39 is 0 Å². The number of rotatable bonds is 2. The van der Waals surface area contributed by atoms with Gasteiger partial charge in [0.25, 0.3) is 0 Å². The van der Waals surface area contributed by atoms with Crippen molar-refractivity contribution in [1.29, 1.82) is 0 Å². The highest BCUT2D eigenvalue weighted by atomic mass is 16.7. The Bertz CT molecular complexity index is 353. The average Bonchev–Trinajstić information content (AvgIpc) is 2.82. The molecule has 122 valence electrons. The fourth-order valence-electron chi connectivity index (χ4n) is 4.39. The van der Waals surface area contributed by atoms with Gasteiger partial charge in [-0.1, -0.05) is 13.8 Å². The molecular weight excluding hydrogens is 264 g/mol. The summed E-state index contributed by atoms with van der Waals surface area (Å²) < 4.78 is 12.0. The summed E-state index contributed by atoms with van der Waals surface area (Å²) in [5.74, 6) is -0.278. The molecule has 3 rings (SSSR count). The van der Waals surface area contributed by atoms with Crippen molar-refractivity contribution in [2.75, 3.05) is 33.4 Å². The first-order valence-corrected chi connectivity index (χ1v) is 8.73. The van der Waals surface area contributed by atoms with E-state index in [-0.39, 0.29) is 5.79 Å². The maximum Gasteiger partial charge on any atom is 0.170 e. The Morgan fingerprint density at radius 1 is 1.05 bits per heavy atom. The fraction of sp³-hybridized carbons (Fsp3) is 1.00. The van der Waals surface area contributed by atoms with E-state index in [0.717, 1.165) is 32.5 Å². The minimum Gasteiger partial charge on any atom is -0.347 e. The number of likely N-dealkylation sites (tertiary alicyclic amines) is 1. The normalized spacial score (nSPS) is 36.7. The van der Waals surface area contributed by atoms with E-state index in [1.165, 1.54) is 32.4 Å².